The molecule has 0 atom stereocenters. The van der Waals surface area contributed by atoms with Gasteiger partial charge in [0.2, 0.25) is 5.91 Å². The zero-order valence-corrected chi connectivity index (χ0v) is 17.5. The monoisotopic (exact) mass is 417 g/mol. The highest BCUT2D eigenvalue weighted by Crippen LogP contribution is 2.31. The number of amides is 2. The number of carbonyl (C=O) groups excluding carboxylic acids is 2. The standard InChI is InChI=1S/C24H27N5O2/c30-22-16-27(14-15-28(22)19-11-12-19)20-9-4-10-21-23(20)26-17-29(21)24(31)25-13-5-8-18-6-2-1-3-7-18/h1-4,6-7,9-10,17,19H,5,8,11-16H2,(H,25,31). The van der Waals surface area contributed by atoms with Gasteiger partial charge < -0.3 is 15.1 Å². The molecule has 160 valence electrons. The second-order valence-electron chi connectivity index (χ2n) is 8.32. The zero-order valence-electron chi connectivity index (χ0n) is 17.5. The van der Waals surface area contributed by atoms with Gasteiger partial charge >= 0.3 is 6.03 Å². The van der Waals surface area contributed by atoms with Crippen molar-refractivity contribution in [1.82, 2.24) is 19.8 Å². The maximum atomic E-state index is 12.7. The average Bonchev–Trinajstić information content (AvgIpc) is 3.54. The predicted molar refractivity (Wildman–Crippen MR) is 120 cm³/mol. The number of anilines is 1. The fraction of sp³-hybridized carbons (Fsp3) is 0.375. The summed E-state index contributed by atoms with van der Waals surface area (Å²) >= 11 is 0. The van der Waals surface area contributed by atoms with E-state index >= 15 is 0 Å². The third kappa shape index (κ3) is 4.13. The van der Waals surface area contributed by atoms with Crippen LogP contribution in [0.5, 0.6) is 0 Å². The number of aromatic nitrogens is 2. The quantitative estimate of drug-likeness (QED) is 0.626. The van der Waals surface area contributed by atoms with Crippen LogP contribution < -0.4 is 10.2 Å². The number of benzene rings is 2. The minimum Gasteiger partial charge on any atom is -0.359 e. The molecule has 7 nitrogen and oxygen atoms in total. The molecule has 0 spiro atoms. The van der Waals surface area contributed by atoms with E-state index in [0.717, 1.165) is 55.5 Å². The van der Waals surface area contributed by atoms with Crippen LogP contribution in [0.3, 0.4) is 0 Å². The van der Waals surface area contributed by atoms with Crippen molar-refractivity contribution in [2.45, 2.75) is 31.7 Å². The van der Waals surface area contributed by atoms with E-state index in [2.05, 4.69) is 27.3 Å². The van der Waals surface area contributed by atoms with Gasteiger partial charge in [-0.2, -0.15) is 0 Å². The van der Waals surface area contributed by atoms with E-state index in [-0.39, 0.29) is 11.9 Å². The average molecular weight is 418 g/mol. The lowest BCUT2D eigenvalue weighted by Gasteiger charge is -2.35. The van der Waals surface area contributed by atoms with E-state index in [9.17, 15) is 9.59 Å². The summed E-state index contributed by atoms with van der Waals surface area (Å²) in [7, 11) is 0. The number of piperazine rings is 1. The van der Waals surface area contributed by atoms with Crippen LogP contribution in [-0.4, -0.2) is 58.6 Å². The molecule has 1 aliphatic carbocycles. The molecule has 1 N–H and O–H groups in total. The summed E-state index contributed by atoms with van der Waals surface area (Å²) in [4.78, 5) is 33.9. The molecular weight excluding hydrogens is 390 g/mol. The Hall–Kier alpha value is -3.35. The summed E-state index contributed by atoms with van der Waals surface area (Å²) < 4.78 is 1.56. The molecule has 5 rings (SSSR count). The van der Waals surface area contributed by atoms with Crippen LogP contribution in [0.25, 0.3) is 11.0 Å². The van der Waals surface area contributed by atoms with Gasteiger partial charge in [-0.15, -0.1) is 0 Å². The first-order valence-electron chi connectivity index (χ1n) is 11.0. The molecule has 1 saturated carbocycles. The van der Waals surface area contributed by atoms with Crippen molar-refractivity contribution >= 4 is 28.7 Å². The molecule has 2 aromatic carbocycles. The number of para-hydroxylation sites is 1. The van der Waals surface area contributed by atoms with Gasteiger partial charge in [0.25, 0.3) is 0 Å². The molecule has 1 saturated heterocycles. The molecule has 7 heteroatoms. The topological polar surface area (TPSA) is 70.5 Å². The molecule has 0 radical (unpaired) electrons. The molecule has 3 aromatic rings. The van der Waals surface area contributed by atoms with Crippen LogP contribution in [-0.2, 0) is 11.2 Å². The highest BCUT2D eigenvalue weighted by atomic mass is 16.2. The fourth-order valence-electron chi connectivity index (χ4n) is 4.32. The minimum absolute atomic E-state index is 0.178. The minimum atomic E-state index is -0.178. The van der Waals surface area contributed by atoms with Gasteiger partial charge in [0.15, 0.2) is 0 Å². The molecule has 2 fully saturated rings. The Balaban J connectivity index is 1.24. The second kappa shape index (κ2) is 8.41. The first kappa shape index (κ1) is 19.6. The highest BCUT2D eigenvalue weighted by molar-refractivity contribution is 5.96. The Bertz CT molecular complexity index is 1090. The van der Waals surface area contributed by atoms with E-state index in [4.69, 9.17) is 0 Å². The molecule has 0 bridgehead atoms. The smallest absolute Gasteiger partial charge is 0.327 e. The summed E-state index contributed by atoms with van der Waals surface area (Å²) in [6.45, 7) is 2.52. The summed E-state index contributed by atoms with van der Waals surface area (Å²) in [6.07, 6.45) is 5.64. The highest BCUT2D eigenvalue weighted by Gasteiger charge is 2.36. The normalized spacial score (nSPS) is 16.7. The van der Waals surface area contributed by atoms with Gasteiger partial charge in [0.05, 0.1) is 17.7 Å². The number of aryl methyl sites for hydroxylation is 1. The Morgan fingerprint density at radius 1 is 1.06 bits per heavy atom. The lowest BCUT2D eigenvalue weighted by Crippen LogP contribution is -2.51. The SMILES string of the molecule is O=C1CN(c2cccc3c2ncn3C(=O)NCCCc2ccccc2)CCN1C1CC1. The van der Waals surface area contributed by atoms with Crippen LogP contribution in [0.4, 0.5) is 10.5 Å². The van der Waals surface area contributed by atoms with Crippen LogP contribution in [0.2, 0.25) is 0 Å². The predicted octanol–water partition coefficient (Wildman–Crippen LogP) is 3.04. The largest absolute Gasteiger partial charge is 0.359 e. The Morgan fingerprint density at radius 2 is 1.90 bits per heavy atom. The first-order chi connectivity index (χ1) is 15.2. The van der Waals surface area contributed by atoms with Crippen LogP contribution >= 0.6 is 0 Å². The van der Waals surface area contributed by atoms with Crippen molar-refractivity contribution in [3.8, 4) is 0 Å². The lowest BCUT2D eigenvalue weighted by atomic mass is 10.1. The van der Waals surface area contributed by atoms with E-state index in [1.54, 1.807) is 10.9 Å². The molecule has 2 amide bonds. The first-order valence-corrected chi connectivity index (χ1v) is 11.0. The van der Waals surface area contributed by atoms with E-state index < -0.39 is 0 Å². The van der Waals surface area contributed by atoms with E-state index in [1.165, 1.54) is 5.56 Å². The van der Waals surface area contributed by atoms with Gasteiger partial charge in [0.1, 0.15) is 11.8 Å². The maximum Gasteiger partial charge on any atom is 0.327 e. The van der Waals surface area contributed by atoms with Crippen molar-refractivity contribution < 1.29 is 9.59 Å². The van der Waals surface area contributed by atoms with E-state index in [0.29, 0.717) is 19.1 Å². The van der Waals surface area contributed by atoms with Crippen molar-refractivity contribution in [2.75, 3.05) is 31.1 Å². The number of nitrogens with one attached hydrogen (secondary N) is 1. The molecular formula is C24H27N5O2. The number of rotatable bonds is 6. The molecule has 2 heterocycles. The molecule has 1 aliphatic heterocycles. The summed E-state index contributed by atoms with van der Waals surface area (Å²) in [5.74, 6) is 0.182. The number of nitrogens with zero attached hydrogens (tertiary/aromatic N) is 4. The Kier molecular flexibility index (Phi) is 5.32. The summed E-state index contributed by atoms with van der Waals surface area (Å²) in [5.41, 5.74) is 3.70. The summed E-state index contributed by atoms with van der Waals surface area (Å²) in [5, 5.41) is 2.99. The zero-order chi connectivity index (χ0) is 21.2. The number of carbonyl (C=O) groups is 2. The molecule has 2 aliphatic rings. The number of hydrogen-bond acceptors (Lipinski definition) is 4. The number of fused-ring (bicyclic) bond motifs is 1. The molecule has 31 heavy (non-hydrogen) atoms. The number of imidazole rings is 1. The van der Waals surface area contributed by atoms with Crippen LogP contribution in [0.1, 0.15) is 24.8 Å². The molecule has 0 unspecified atom stereocenters. The third-order valence-electron chi connectivity index (χ3n) is 6.12. The van der Waals surface area contributed by atoms with Crippen molar-refractivity contribution in [1.29, 1.82) is 0 Å². The van der Waals surface area contributed by atoms with Crippen LogP contribution in [0.15, 0.2) is 54.9 Å². The van der Waals surface area contributed by atoms with Gasteiger partial charge in [-0.1, -0.05) is 36.4 Å². The number of hydrogen-bond donors (Lipinski definition) is 1. The lowest BCUT2D eigenvalue weighted by molar-refractivity contribution is -0.131. The third-order valence-corrected chi connectivity index (χ3v) is 6.12. The van der Waals surface area contributed by atoms with Gasteiger partial charge in [-0.3, -0.25) is 9.36 Å². The second-order valence-corrected chi connectivity index (χ2v) is 8.32. The van der Waals surface area contributed by atoms with Gasteiger partial charge in [-0.05, 0) is 43.4 Å². The van der Waals surface area contributed by atoms with Crippen molar-refractivity contribution in [2.24, 2.45) is 0 Å². The van der Waals surface area contributed by atoms with E-state index in [1.807, 2.05) is 41.3 Å². The van der Waals surface area contributed by atoms with Crippen LogP contribution in [0, 0.1) is 0 Å². The Morgan fingerprint density at radius 3 is 2.68 bits per heavy atom. The maximum absolute atomic E-state index is 12.7. The van der Waals surface area contributed by atoms with Gasteiger partial charge in [-0.25, -0.2) is 9.78 Å². The Labute approximate surface area is 181 Å². The van der Waals surface area contributed by atoms with Crippen molar-refractivity contribution in [3.63, 3.8) is 0 Å². The summed E-state index contributed by atoms with van der Waals surface area (Å²) in [6, 6.07) is 16.4. The molecule has 1 aromatic heterocycles. The van der Waals surface area contributed by atoms with Crippen molar-refractivity contribution in [3.05, 3.63) is 60.4 Å². The van der Waals surface area contributed by atoms with Gasteiger partial charge in [0, 0.05) is 25.7 Å². The fourth-order valence-corrected chi connectivity index (χ4v) is 4.32.